The first kappa shape index (κ1) is 16.3. The highest BCUT2D eigenvalue weighted by Crippen LogP contribution is 2.30. The van der Waals surface area contributed by atoms with E-state index in [1.807, 2.05) is 0 Å². The lowest BCUT2D eigenvalue weighted by Gasteiger charge is -2.13. The molecule has 3 nitrogen and oxygen atoms in total. The van der Waals surface area contributed by atoms with E-state index in [9.17, 15) is 31.4 Å². The van der Waals surface area contributed by atoms with Crippen molar-refractivity contribution in [1.82, 2.24) is 9.78 Å². The normalized spacial score (nSPS) is 14.1. The van der Waals surface area contributed by atoms with E-state index in [2.05, 4.69) is 5.10 Å². The summed E-state index contributed by atoms with van der Waals surface area (Å²) < 4.78 is 75.2. The third kappa shape index (κ3) is 3.79. The zero-order valence-electron chi connectivity index (χ0n) is 10.9. The van der Waals surface area contributed by atoms with Crippen molar-refractivity contribution in [3.8, 4) is 0 Å². The van der Waals surface area contributed by atoms with Crippen LogP contribution in [0, 0.1) is 0 Å². The molecule has 0 saturated heterocycles. The van der Waals surface area contributed by atoms with Crippen LogP contribution in [0.2, 0.25) is 0 Å². The second kappa shape index (κ2) is 5.64. The van der Waals surface area contributed by atoms with E-state index in [1.54, 1.807) is 0 Å². The Kier molecular flexibility index (Phi) is 4.19. The number of halogens is 6. The van der Waals surface area contributed by atoms with Gasteiger partial charge in [0, 0.05) is 6.20 Å². The second-order valence-corrected chi connectivity index (χ2v) is 4.56. The molecule has 0 aliphatic heterocycles. The highest BCUT2D eigenvalue weighted by molar-refractivity contribution is 5.26. The quantitative estimate of drug-likeness (QED) is 0.875. The Bertz CT molecular complexity index is 629. The molecule has 1 N–H and O–H groups in total. The lowest BCUT2D eigenvalue weighted by atomic mass is 10.1. The summed E-state index contributed by atoms with van der Waals surface area (Å²) in [6, 6.07) is 4.48. The Hall–Kier alpha value is -2.03. The minimum Gasteiger partial charge on any atom is -0.386 e. The fraction of sp³-hybridized carbons (Fsp3) is 0.308. The van der Waals surface area contributed by atoms with Crippen molar-refractivity contribution in [2.45, 2.75) is 25.0 Å². The fourth-order valence-electron chi connectivity index (χ4n) is 1.79. The molecule has 2 aromatic rings. The molecule has 1 heterocycles. The summed E-state index contributed by atoms with van der Waals surface area (Å²) in [5.41, 5.74) is -1.83. The van der Waals surface area contributed by atoms with Crippen LogP contribution < -0.4 is 0 Å². The van der Waals surface area contributed by atoms with Gasteiger partial charge in [-0.15, -0.1) is 0 Å². The van der Waals surface area contributed by atoms with E-state index >= 15 is 0 Å². The fourth-order valence-corrected chi connectivity index (χ4v) is 1.79. The summed E-state index contributed by atoms with van der Waals surface area (Å²) in [5, 5.41) is 13.1. The Morgan fingerprint density at radius 3 is 2.00 bits per heavy atom. The highest BCUT2D eigenvalue weighted by Gasteiger charge is 2.33. The predicted molar refractivity (Wildman–Crippen MR) is 63.6 cm³/mol. The molecule has 0 aliphatic rings. The molecule has 1 unspecified atom stereocenters. The summed E-state index contributed by atoms with van der Waals surface area (Å²) in [7, 11) is 0. The number of aromatic nitrogens is 2. The predicted octanol–water partition coefficient (Wildman–Crippen LogP) is 3.65. The van der Waals surface area contributed by atoms with Crippen LogP contribution in [0.1, 0.15) is 22.9 Å². The summed E-state index contributed by atoms with van der Waals surface area (Å²) in [6.45, 7) is -0.304. The maximum atomic E-state index is 12.4. The topological polar surface area (TPSA) is 38.0 Å². The molecular formula is C13H10F6N2O. The largest absolute Gasteiger partial charge is 0.435 e. The van der Waals surface area contributed by atoms with E-state index in [4.69, 9.17) is 0 Å². The number of hydrogen-bond donors (Lipinski definition) is 1. The lowest BCUT2D eigenvalue weighted by Crippen LogP contribution is -2.12. The molecule has 0 amide bonds. The van der Waals surface area contributed by atoms with Crippen molar-refractivity contribution in [3.05, 3.63) is 53.3 Å². The van der Waals surface area contributed by atoms with Gasteiger partial charge in [0.15, 0.2) is 5.69 Å². The van der Waals surface area contributed by atoms with Gasteiger partial charge in [-0.1, -0.05) is 12.1 Å². The molecule has 2 rings (SSSR count). The molecule has 0 saturated carbocycles. The SMILES string of the molecule is OC(Cn1ccc(C(F)(F)F)n1)c1ccc(C(F)(F)F)cc1. The first-order chi connectivity index (χ1) is 10.1. The molecule has 9 heteroatoms. The number of hydrogen-bond acceptors (Lipinski definition) is 2. The summed E-state index contributed by atoms with van der Waals surface area (Å²) in [6.07, 6.45) is -9.32. The van der Waals surface area contributed by atoms with Gasteiger partial charge in [-0.05, 0) is 23.8 Å². The molecule has 0 radical (unpaired) electrons. The number of benzene rings is 1. The number of rotatable bonds is 3. The maximum absolute atomic E-state index is 12.4. The van der Waals surface area contributed by atoms with Gasteiger partial charge in [-0.3, -0.25) is 4.68 Å². The molecule has 1 aromatic carbocycles. The summed E-state index contributed by atoms with van der Waals surface area (Å²) in [4.78, 5) is 0. The number of alkyl halides is 6. The number of aliphatic hydroxyl groups excluding tert-OH is 1. The Morgan fingerprint density at radius 2 is 1.55 bits per heavy atom. The first-order valence-electron chi connectivity index (χ1n) is 6.03. The van der Waals surface area contributed by atoms with Crippen LogP contribution in [0.4, 0.5) is 26.3 Å². The van der Waals surface area contributed by atoms with Crippen LogP contribution in [0.5, 0.6) is 0 Å². The molecule has 1 atom stereocenters. The van der Waals surface area contributed by atoms with Crippen LogP contribution in [0.3, 0.4) is 0 Å². The first-order valence-corrected chi connectivity index (χ1v) is 6.03. The van der Waals surface area contributed by atoms with Gasteiger partial charge in [0.25, 0.3) is 0 Å². The average molecular weight is 324 g/mol. The van der Waals surface area contributed by atoms with Gasteiger partial charge >= 0.3 is 12.4 Å². The van der Waals surface area contributed by atoms with Gasteiger partial charge in [-0.2, -0.15) is 31.4 Å². The third-order valence-corrected chi connectivity index (χ3v) is 2.91. The van der Waals surface area contributed by atoms with Gasteiger partial charge in [0.1, 0.15) is 0 Å². The molecule has 0 spiro atoms. The van der Waals surface area contributed by atoms with Crippen LogP contribution in [-0.2, 0) is 18.9 Å². The molecule has 120 valence electrons. The van der Waals surface area contributed by atoms with Gasteiger partial charge in [-0.25, -0.2) is 0 Å². The summed E-state index contributed by atoms with van der Waals surface area (Å²) in [5.74, 6) is 0. The van der Waals surface area contributed by atoms with Gasteiger partial charge < -0.3 is 5.11 Å². The Labute approximate surface area is 120 Å². The molecule has 1 aromatic heterocycles. The standard InChI is InChI=1S/C13H10F6N2O/c14-12(15,16)9-3-1-8(2-4-9)10(22)7-21-6-5-11(20-21)13(17,18)19/h1-6,10,22H,7H2. The Balaban J connectivity index is 2.09. The van der Waals surface area contributed by atoms with Gasteiger partial charge in [0.05, 0.1) is 18.2 Å². The smallest absolute Gasteiger partial charge is 0.386 e. The van der Waals surface area contributed by atoms with E-state index < -0.39 is 29.7 Å². The highest BCUT2D eigenvalue weighted by atomic mass is 19.4. The minimum atomic E-state index is -4.59. The van der Waals surface area contributed by atoms with Crippen molar-refractivity contribution in [3.63, 3.8) is 0 Å². The monoisotopic (exact) mass is 324 g/mol. The molecule has 0 aliphatic carbocycles. The number of aliphatic hydroxyl groups is 1. The van der Waals surface area contributed by atoms with E-state index in [0.29, 0.717) is 0 Å². The van der Waals surface area contributed by atoms with Crippen molar-refractivity contribution >= 4 is 0 Å². The lowest BCUT2D eigenvalue weighted by molar-refractivity contribution is -0.141. The molecule has 22 heavy (non-hydrogen) atoms. The van der Waals surface area contributed by atoms with Gasteiger partial charge in [0.2, 0.25) is 0 Å². The zero-order valence-corrected chi connectivity index (χ0v) is 10.9. The van der Waals surface area contributed by atoms with Crippen LogP contribution in [0.15, 0.2) is 36.5 Å². The average Bonchev–Trinajstić information content (AvgIpc) is 2.86. The molecule has 0 fully saturated rings. The van der Waals surface area contributed by atoms with Crippen molar-refractivity contribution < 1.29 is 31.4 Å². The molecule has 0 bridgehead atoms. The van der Waals surface area contributed by atoms with E-state index in [-0.39, 0.29) is 12.1 Å². The van der Waals surface area contributed by atoms with E-state index in [0.717, 1.165) is 41.2 Å². The second-order valence-electron chi connectivity index (χ2n) is 4.56. The van der Waals surface area contributed by atoms with E-state index in [1.165, 1.54) is 0 Å². The van der Waals surface area contributed by atoms with Crippen LogP contribution in [-0.4, -0.2) is 14.9 Å². The Morgan fingerprint density at radius 1 is 0.955 bits per heavy atom. The third-order valence-electron chi connectivity index (χ3n) is 2.91. The van der Waals surface area contributed by atoms with Crippen molar-refractivity contribution in [2.24, 2.45) is 0 Å². The van der Waals surface area contributed by atoms with Crippen molar-refractivity contribution in [2.75, 3.05) is 0 Å². The molecular weight excluding hydrogens is 314 g/mol. The summed E-state index contributed by atoms with van der Waals surface area (Å²) >= 11 is 0. The maximum Gasteiger partial charge on any atom is 0.435 e. The van der Waals surface area contributed by atoms with Crippen LogP contribution >= 0.6 is 0 Å². The zero-order chi connectivity index (χ0) is 16.5. The van der Waals surface area contributed by atoms with Crippen LogP contribution in [0.25, 0.3) is 0 Å². The minimum absolute atomic E-state index is 0.150. The number of nitrogens with zero attached hydrogens (tertiary/aromatic N) is 2. The van der Waals surface area contributed by atoms with Crippen molar-refractivity contribution in [1.29, 1.82) is 0 Å².